The summed E-state index contributed by atoms with van der Waals surface area (Å²) in [7, 11) is 0. The van der Waals surface area contributed by atoms with Gasteiger partial charge in [-0.2, -0.15) is 0 Å². The number of nitrogens with one attached hydrogen (secondary N) is 1. The third kappa shape index (κ3) is 3.48. The molecular weight excluding hydrogens is 376 g/mol. The molecule has 0 aromatic rings. The average molecular weight is 398 g/mol. The highest BCUT2D eigenvalue weighted by molar-refractivity contribution is 8.03. The molecule has 0 spiro atoms. The normalized spacial score (nSPS) is 32.2. The Bertz CT molecular complexity index is 736. The van der Waals surface area contributed by atoms with Crippen LogP contribution in [0.5, 0.6) is 0 Å². The van der Waals surface area contributed by atoms with Crippen molar-refractivity contribution in [1.29, 1.82) is 0 Å². The molecule has 5 N–H and O–H groups in total. The van der Waals surface area contributed by atoms with E-state index in [1.807, 2.05) is 6.92 Å². The fourth-order valence-electron chi connectivity index (χ4n) is 3.78. The van der Waals surface area contributed by atoms with Gasteiger partial charge < -0.3 is 31.0 Å². The molecule has 3 aliphatic rings. The van der Waals surface area contributed by atoms with Crippen molar-refractivity contribution in [3.05, 3.63) is 10.6 Å². The van der Waals surface area contributed by atoms with E-state index in [0.717, 1.165) is 0 Å². The summed E-state index contributed by atoms with van der Waals surface area (Å²) in [5, 5.41) is 26.4. The number of hydrogen-bond donors (Lipinski definition) is 4. The Hall–Kier alpha value is -2.27. The molecule has 0 aromatic carbocycles. The molecule has 2 amide bonds. The number of carbonyl (C=O) groups excluding carboxylic acids is 2. The zero-order valence-corrected chi connectivity index (χ0v) is 15.7. The van der Waals surface area contributed by atoms with Crippen LogP contribution >= 0.6 is 11.8 Å². The number of primary amides is 1. The molecule has 0 bridgehead atoms. The topological polar surface area (TPSA) is 155 Å². The first-order valence-corrected chi connectivity index (χ1v) is 9.46. The number of oxime groups is 1. The Kier molecular flexibility index (Phi) is 5.33. The van der Waals surface area contributed by atoms with Gasteiger partial charge in [0.05, 0.1) is 18.1 Å². The number of β-lactam (4-membered cyclic amide) rings is 1. The van der Waals surface area contributed by atoms with Gasteiger partial charge in [-0.25, -0.2) is 4.79 Å². The summed E-state index contributed by atoms with van der Waals surface area (Å²) in [6.07, 6.45) is -0.319. The molecule has 148 valence electrons. The second-order valence-electron chi connectivity index (χ2n) is 6.87. The standard InChI is InChI=1S/C16H22N4O6S/c1-6-12-11(7(2)21)15(23)20(12)13(16(24)25)14(6)27-8-3-10(18-4-8)19-26-5-9(17)22/h6-8,11-12,21H,3-5H2,1-2H3,(H2,17,22)(H,18,19)(H,24,25)/t6-,7?,8+,11-,12-/m1/s1. The molecule has 0 radical (unpaired) electrons. The maximum Gasteiger partial charge on any atom is 0.353 e. The van der Waals surface area contributed by atoms with E-state index in [2.05, 4.69) is 10.5 Å². The minimum absolute atomic E-state index is 0.00605. The molecule has 3 heterocycles. The highest BCUT2D eigenvalue weighted by Gasteiger charge is 2.60. The number of aliphatic carboxylic acids is 1. The number of hydrogen-bond acceptors (Lipinski definition) is 7. The Morgan fingerprint density at radius 2 is 2.22 bits per heavy atom. The molecule has 5 atom stereocenters. The van der Waals surface area contributed by atoms with E-state index in [-0.39, 0.29) is 35.4 Å². The Morgan fingerprint density at radius 3 is 2.81 bits per heavy atom. The molecule has 3 rings (SSSR count). The van der Waals surface area contributed by atoms with Crippen LogP contribution in [0.4, 0.5) is 0 Å². The number of carbonyl (C=O) groups is 3. The van der Waals surface area contributed by atoms with Crippen LogP contribution in [0.15, 0.2) is 15.8 Å². The van der Waals surface area contributed by atoms with Gasteiger partial charge in [0.1, 0.15) is 11.5 Å². The summed E-state index contributed by atoms with van der Waals surface area (Å²) in [6, 6.07) is -0.326. The highest BCUT2D eigenvalue weighted by atomic mass is 32.2. The monoisotopic (exact) mass is 398 g/mol. The number of carboxylic acid groups (broad SMARTS) is 1. The van der Waals surface area contributed by atoms with Crippen LogP contribution in [0, 0.1) is 11.8 Å². The van der Waals surface area contributed by atoms with Gasteiger partial charge in [0.15, 0.2) is 6.61 Å². The lowest BCUT2D eigenvalue weighted by molar-refractivity contribution is -0.163. The fraction of sp³-hybridized carbons (Fsp3) is 0.625. The first-order chi connectivity index (χ1) is 12.7. The van der Waals surface area contributed by atoms with Crippen molar-refractivity contribution in [1.82, 2.24) is 10.2 Å². The van der Waals surface area contributed by atoms with Crippen molar-refractivity contribution >= 4 is 35.4 Å². The predicted octanol–water partition coefficient (Wildman–Crippen LogP) is -0.949. The summed E-state index contributed by atoms with van der Waals surface area (Å²) >= 11 is 1.40. The van der Waals surface area contributed by atoms with Crippen molar-refractivity contribution in [2.45, 2.75) is 37.7 Å². The lowest BCUT2D eigenvalue weighted by Gasteiger charge is -2.46. The van der Waals surface area contributed by atoms with E-state index in [1.165, 1.54) is 16.7 Å². The van der Waals surface area contributed by atoms with Crippen LogP contribution in [-0.4, -0.2) is 69.3 Å². The quantitative estimate of drug-likeness (QED) is 0.316. The number of rotatable bonds is 7. The zero-order chi connectivity index (χ0) is 19.9. The second kappa shape index (κ2) is 7.39. The number of amidine groups is 1. The van der Waals surface area contributed by atoms with Crippen molar-refractivity contribution < 1.29 is 29.4 Å². The molecular formula is C16H22N4O6S. The molecule has 3 aliphatic heterocycles. The largest absolute Gasteiger partial charge is 0.477 e. The van der Waals surface area contributed by atoms with Gasteiger partial charge in [0.25, 0.3) is 5.91 Å². The number of aliphatic hydroxyl groups is 1. The van der Waals surface area contributed by atoms with Crippen LogP contribution in [0.2, 0.25) is 0 Å². The smallest absolute Gasteiger partial charge is 0.353 e. The van der Waals surface area contributed by atoms with E-state index < -0.39 is 23.9 Å². The Morgan fingerprint density at radius 1 is 1.52 bits per heavy atom. The molecule has 27 heavy (non-hydrogen) atoms. The van der Waals surface area contributed by atoms with Crippen molar-refractivity contribution in [3.8, 4) is 0 Å². The number of nitrogens with zero attached hydrogens (tertiary/aromatic N) is 2. The lowest BCUT2D eigenvalue weighted by atomic mass is 9.79. The summed E-state index contributed by atoms with van der Waals surface area (Å²) in [6.45, 7) is 3.66. The number of amides is 2. The maximum absolute atomic E-state index is 12.3. The van der Waals surface area contributed by atoms with Crippen LogP contribution in [-0.2, 0) is 19.2 Å². The van der Waals surface area contributed by atoms with Gasteiger partial charge in [-0.1, -0.05) is 12.1 Å². The number of fused-ring (bicyclic) bond motifs is 1. The van der Waals surface area contributed by atoms with Crippen LogP contribution in [0.3, 0.4) is 0 Å². The second-order valence-corrected chi connectivity index (χ2v) is 8.22. The maximum atomic E-state index is 12.3. The first-order valence-electron chi connectivity index (χ1n) is 8.58. The van der Waals surface area contributed by atoms with E-state index in [4.69, 9.17) is 10.6 Å². The van der Waals surface area contributed by atoms with Crippen molar-refractivity contribution in [2.75, 3.05) is 13.2 Å². The predicted molar refractivity (Wildman–Crippen MR) is 96.2 cm³/mol. The van der Waals surface area contributed by atoms with E-state index in [1.54, 1.807) is 6.92 Å². The highest BCUT2D eigenvalue weighted by Crippen LogP contribution is 2.51. The van der Waals surface area contributed by atoms with Crippen molar-refractivity contribution in [2.24, 2.45) is 22.7 Å². The minimum atomic E-state index is -1.14. The average Bonchev–Trinajstić information content (AvgIpc) is 3.09. The van der Waals surface area contributed by atoms with E-state index in [9.17, 15) is 24.6 Å². The van der Waals surface area contributed by atoms with Gasteiger partial charge in [0, 0.05) is 29.0 Å². The number of carboxylic acids is 1. The van der Waals surface area contributed by atoms with Gasteiger partial charge in [0.2, 0.25) is 5.91 Å². The molecule has 2 fully saturated rings. The third-order valence-electron chi connectivity index (χ3n) is 4.94. The third-order valence-corrected chi connectivity index (χ3v) is 6.43. The number of thioether (sulfide) groups is 1. The number of nitrogens with two attached hydrogens (primary N) is 1. The summed E-state index contributed by atoms with van der Waals surface area (Å²) in [5.74, 6) is -2.31. The van der Waals surface area contributed by atoms with Crippen LogP contribution < -0.4 is 11.1 Å². The molecule has 1 unspecified atom stereocenters. The minimum Gasteiger partial charge on any atom is -0.477 e. The van der Waals surface area contributed by atoms with Crippen LogP contribution in [0.25, 0.3) is 0 Å². The SMILES string of the molecule is CC(O)[C@H]1C(=O)N2C(C(=O)O)=C(S[C@@H]3CNC(=NOCC(N)=O)C3)[C@H](C)[C@H]12. The zero-order valence-electron chi connectivity index (χ0n) is 14.9. The Balaban J connectivity index is 1.72. The Labute approximate surface area is 159 Å². The molecule has 10 nitrogen and oxygen atoms in total. The first kappa shape index (κ1) is 19.5. The molecule has 11 heteroatoms. The molecule has 0 aliphatic carbocycles. The van der Waals surface area contributed by atoms with Crippen molar-refractivity contribution in [3.63, 3.8) is 0 Å². The fourth-order valence-corrected chi connectivity index (χ4v) is 5.19. The molecule has 0 aromatic heterocycles. The van der Waals surface area contributed by atoms with Crippen LogP contribution in [0.1, 0.15) is 20.3 Å². The van der Waals surface area contributed by atoms with Gasteiger partial charge in [-0.15, -0.1) is 11.8 Å². The summed E-state index contributed by atoms with van der Waals surface area (Å²) in [4.78, 5) is 41.5. The number of aliphatic hydroxyl groups excluding tert-OH is 1. The molecule has 2 saturated heterocycles. The van der Waals surface area contributed by atoms with E-state index in [0.29, 0.717) is 23.7 Å². The van der Waals surface area contributed by atoms with Gasteiger partial charge in [-0.3, -0.25) is 9.59 Å². The summed E-state index contributed by atoms with van der Waals surface area (Å²) in [5.41, 5.74) is 4.99. The van der Waals surface area contributed by atoms with Gasteiger partial charge >= 0.3 is 5.97 Å². The lowest BCUT2D eigenvalue weighted by Crippen LogP contribution is -2.63. The molecule has 0 saturated carbocycles. The van der Waals surface area contributed by atoms with Gasteiger partial charge in [-0.05, 0) is 6.92 Å². The summed E-state index contributed by atoms with van der Waals surface area (Å²) < 4.78 is 0. The van der Waals surface area contributed by atoms with E-state index >= 15 is 0 Å².